The maximum absolute atomic E-state index is 14.3. The molecule has 3 fully saturated rings. The van der Waals surface area contributed by atoms with E-state index in [0.29, 0.717) is 63.7 Å². The van der Waals surface area contributed by atoms with Crippen LogP contribution in [0.25, 0.3) is 0 Å². The smallest absolute Gasteiger partial charge is 0.251 e. The summed E-state index contributed by atoms with van der Waals surface area (Å²) >= 11 is 0. The van der Waals surface area contributed by atoms with E-state index in [2.05, 4.69) is 11.8 Å². The zero-order chi connectivity index (χ0) is 22.1. The van der Waals surface area contributed by atoms with Gasteiger partial charge in [-0.1, -0.05) is 0 Å². The van der Waals surface area contributed by atoms with E-state index in [1.54, 1.807) is 26.4 Å². The fourth-order valence-corrected chi connectivity index (χ4v) is 4.78. The summed E-state index contributed by atoms with van der Waals surface area (Å²) in [5.74, 6) is 0.431. The minimum absolute atomic E-state index is 0.0367. The molecular weight excluding hydrogens is 403 g/mol. The molecule has 172 valence electrons. The van der Waals surface area contributed by atoms with Crippen molar-refractivity contribution < 1.29 is 28.1 Å². The van der Waals surface area contributed by atoms with Crippen LogP contribution in [0.4, 0.5) is 4.39 Å². The number of benzene rings is 1. The van der Waals surface area contributed by atoms with E-state index in [4.69, 9.17) is 18.9 Å². The number of carbonyl (C=O) groups is 1. The van der Waals surface area contributed by atoms with Gasteiger partial charge in [-0.25, -0.2) is 4.39 Å². The van der Waals surface area contributed by atoms with Gasteiger partial charge in [0, 0.05) is 51.8 Å². The third-order valence-corrected chi connectivity index (χ3v) is 6.98. The number of likely N-dealkylation sites (tertiary alicyclic amines) is 1. The van der Waals surface area contributed by atoms with Crippen LogP contribution >= 0.6 is 0 Å². The van der Waals surface area contributed by atoms with Gasteiger partial charge in [0.05, 0.1) is 25.9 Å². The Labute approximate surface area is 183 Å². The Bertz CT molecular complexity index is 798. The molecule has 8 heteroatoms. The average molecular weight is 437 g/mol. The van der Waals surface area contributed by atoms with Gasteiger partial charge in [0.1, 0.15) is 23.3 Å². The van der Waals surface area contributed by atoms with E-state index < -0.39 is 11.7 Å². The van der Waals surface area contributed by atoms with E-state index in [-0.39, 0.29) is 17.3 Å². The Morgan fingerprint density at radius 3 is 2.74 bits per heavy atom. The first kappa shape index (κ1) is 22.5. The highest BCUT2D eigenvalue weighted by atomic mass is 19.1. The van der Waals surface area contributed by atoms with Gasteiger partial charge in [0.2, 0.25) is 0 Å². The summed E-state index contributed by atoms with van der Waals surface area (Å²) in [6, 6.07) is 4.79. The normalized spacial score (nSPS) is 28.8. The fourth-order valence-electron chi connectivity index (χ4n) is 4.78. The highest BCUT2D eigenvalue weighted by Gasteiger charge is 2.48. The number of hydrogen-bond acceptors (Lipinski definition) is 6. The first-order valence-electron chi connectivity index (χ1n) is 11.0. The largest absolute Gasteiger partial charge is 0.497 e. The van der Waals surface area contributed by atoms with Crippen LogP contribution in [0.1, 0.15) is 31.7 Å². The quantitative estimate of drug-likeness (QED) is 0.706. The van der Waals surface area contributed by atoms with Crippen LogP contribution in [0.2, 0.25) is 0 Å². The summed E-state index contributed by atoms with van der Waals surface area (Å²) in [5.41, 5.74) is -0.0840. The molecule has 2 atom stereocenters. The van der Waals surface area contributed by atoms with Crippen LogP contribution in [0, 0.1) is 5.82 Å². The average Bonchev–Trinajstić information content (AvgIpc) is 3.18. The molecule has 0 N–H and O–H groups in total. The number of halogens is 1. The van der Waals surface area contributed by atoms with Gasteiger partial charge in [-0.2, -0.15) is 0 Å². The van der Waals surface area contributed by atoms with Crippen molar-refractivity contribution in [3.05, 3.63) is 29.6 Å². The number of nitrogens with zero attached hydrogens (tertiary/aromatic N) is 2. The minimum atomic E-state index is -0.523. The van der Waals surface area contributed by atoms with Crippen molar-refractivity contribution >= 4 is 5.91 Å². The lowest BCUT2D eigenvalue weighted by Crippen LogP contribution is -2.53. The second-order valence-corrected chi connectivity index (χ2v) is 9.18. The number of methoxy groups -OCH3 is 2. The van der Waals surface area contributed by atoms with Crippen LogP contribution in [0.5, 0.6) is 5.75 Å². The van der Waals surface area contributed by atoms with Crippen LogP contribution in [0.15, 0.2) is 18.2 Å². The third kappa shape index (κ3) is 4.87. The van der Waals surface area contributed by atoms with Crippen molar-refractivity contribution in [3.63, 3.8) is 0 Å². The predicted octanol–water partition coefficient (Wildman–Crippen LogP) is 2.22. The zero-order valence-electron chi connectivity index (χ0n) is 18.7. The summed E-state index contributed by atoms with van der Waals surface area (Å²) in [4.78, 5) is 17.1. The van der Waals surface area contributed by atoms with Crippen molar-refractivity contribution in [2.45, 2.75) is 50.0 Å². The second-order valence-electron chi connectivity index (χ2n) is 9.18. The molecule has 3 heterocycles. The molecule has 0 aromatic heterocycles. The molecule has 3 aliphatic rings. The third-order valence-electron chi connectivity index (χ3n) is 6.98. The minimum Gasteiger partial charge on any atom is -0.497 e. The molecule has 3 aliphatic heterocycles. The lowest BCUT2D eigenvalue weighted by atomic mass is 9.92. The van der Waals surface area contributed by atoms with Crippen molar-refractivity contribution in [2.75, 3.05) is 53.6 Å². The van der Waals surface area contributed by atoms with Crippen molar-refractivity contribution in [2.24, 2.45) is 0 Å². The second kappa shape index (κ2) is 9.02. The van der Waals surface area contributed by atoms with E-state index in [1.165, 1.54) is 6.07 Å². The predicted molar refractivity (Wildman–Crippen MR) is 112 cm³/mol. The SMILES string of the molecule is COc1ccc(F)c(CN2CCOC3(COC(C(=O)N4CCC(C)(OC)CC4)C3)C2)c1. The summed E-state index contributed by atoms with van der Waals surface area (Å²) in [6.07, 6.45) is 1.69. The van der Waals surface area contributed by atoms with Gasteiger partial charge < -0.3 is 23.8 Å². The highest BCUT2D eigenvalue weighted by molar-refractivity contribution is 5.81. The molecule has 2 unspecified atom stereocenters. The van der Waals surface area contributed by atoms with Gasteiger partial charge in [-0.05, 0) is 38.0 Å². The molecule has 1 aromatic rings. The molecule has 1 amide bonds. The van der Waals surface area contributed by atoms with Crippen LogP contribution in [-0.2, 0) is 25.5 Å². The Morgan fingerprint density at radius 1 is 1.26 bits per heavy atom. The monoisotopic (exact) mass is 436 g/mol. The molecule has 0 aliphatic carbocycles. The molecule has 0 saturated carbocycles. The van der Waals surface area contributed by atoms with Gasteiger partial charge in [0.25, 0.3) is 5.91 Å². The number of morpholine rings is 1. The molecule has 7 nitrogen and oxygen atoms in total. The Kier molecular flexibility index (Phi) is 6.53. The van der Waals surface area contributed by atoms with E-state index in [9.17, 15) is 9.18 Å². The summed E-state index contributed by atoms with van der Waals surface area (Å²) in [7, 11) is 3.30. The number of hydrogen-bond donors (Lipinski definition) is 0. The molecular formula is C23H33FN2O5. The number of amides is 1. The van der Waals surface area contributed by atoms with Crippen LogP contribution in [-0.4, -0.2) is 86.6 Å². The zero-order valence-corrected chi connectivity index (χ0v) is 18.7. The van der Waals surface area contributed by atoms with E-state index in [0.717, 1.165) is 12.8 Å². The Balaban J connectivity index is 1.36. The molecule has 4 rings (SSSR count). The number of piperidine rings is 1. The molecule has 31 heavy (non-hydrogen) atoms. The van der Waals surface area contributed by atoms with E-state index >= 15 is 0 Å². The molecule has 1 spiro atoms. The van der Waals surface area contributed by atoms with Gasteiger partial charge in [0.15, 0.2) is 0 Å². The maximum Gasteiger partial charge on any atom is 0.251 e. The van der Waals surface area contributed by atoms with Gasteiger partial charge >= 0.3 is 0 Å². The molecule has 0 radical (unpaired) electrons. The fraction of sp³-hybridized carbons (Fsp3) is 0.696. The lowest BCUT2D eigenvalue weighted by molar-refractivity contribution is -0.145. The highest BCUT2D eigenvalue weighted by Crippen LogP contribution is 2.34. The van der Waals surface area contributed by atoms with Crippen molar-refractivity contribution in [3.8, 4) is 5.75 Å². The topological polar surface area (TPSA) is 60.5 Å². The maximum atomic E-state index is 14.3. The molecule has 1 aromatic carbocycles. The number of ether oxygens (including phenoxy) is 4. The van der Waals surface area contributed by atoms with Gasteiger partial charge in [-0.15, -0.1) is 0 Å². The van der Waals surface area contributed by atoms with Crippen LogP contribution < -0.4 is 4.74 Å². The first-order valence-corrected chi connectivity index (χ1v) is 11.0. The number of carbonyl (C=O) groups excluding carboxylic acids is 1. The standard InChI is InChI=1S/C23H33FN2O5/c1-22(29-3)6-8-26(9-7-22)21(27)20-13-23(16-30-20)15-25(10-11-31-23)14-17-12-18(28-2)4-5-19(17)24/h4-5,12,20H,6-11,13-16H2,1-3H3. The first-order chi connectivity index (χ1) is 14.9. The molecule has 3 saturated heterocycles. The summed E-state index contributed by atoms with van der Waals surface area (Å²) in [5, 5.41) is 0. The van der Waals surface area contributed by atoms with Crippen molar-refractivity contribution in [1.29, 1.82) is 0 Å². The molecule has 0 bridgehead atoms. The summed E-state index contributed by atoms with van der Waals surface area (Å²) < 4.78 is 37.1. The van der Waals surface area contributed by atoms with E-state index in [1.807, 2.05) is 4.90 Å². The number of rotatable bonds is 5. The Morgan fingerprint density at radius 2 is 2.03 bits per heavy atom. The summed E-state index contributed by atoms with van der Waals surface area (Å²) in [6.45, 7) is 6.14. The Hall–Kier alpha value is -1.74. The van der Waals surface area contributed by atoms with Crippen LogP contribution in [0.3, 0.4) is 0 Å². The van der Waals surface area contributed by atoms with Crippen molar-refractivity contribution in [1.82, 2.24) is 9.80 Å². The lowest BCUT2D eigenvalue weighted by Gasteiger charge is -2.40. The van der Waals surface area contributed by atoms with Gasteiger partial charge in [-0.3, -0.25) is 9.69 Å².